The molecule has 2 rings (SSSR count). The molecule has 1 saturated heterocycles. The van der Waals surface area contributed by atoms with Gasteiger partial charge in [0.25, 0.3) is 0 Å². The number of carboxylic acid groups (broad SMARTS) is 1. The van der Waals surface area contributed by atoms with Gasteiger partial charge in [0.2, 0.25) is 0 Å². The number of carboxylic acids is 1. The number of carbonyl (C=O) groups excluding carboxylic acids is 1. The summed E-state index contributed by atoms with van der Waals surface area (Å²) in [5.41, 5.74) is -0.680. The van der Waals surface area contributed by atoms with Gasteiger partial charge in [0, 0.05) is 12.6 Å². The minimum Gasteiger partial charge on any atom is -0.481 e. The number of aliphatic carboxylic acids is 1. The van der Waals surface area contributed by atoms with E-state index >= 15 is 0 Å². The number of halogens is 2. The molecule has 0 saturated carbocycles. The molecule has 0 radical (unpaired) electrons. The Morgan fingerprint density at radius 2 is 1.89 bits per heavy atom. The summed E-state index contributed by atoms with van der Waals surface area (Å²) in [5.74, 6) is -4.44. The van der Waals surface area contributed by atoms with Gasteiger partial charge in [-0.05, 0) is 44.9 Å². The summed E-state index contributed by atoms with van der Waals surface area (Å²) in [7, 11) is 0. The lowest BCUT2D eigenvalue weighted by Gasteiger charge is -2.40. The predicted molar refractivity (Wildman–Crippen MR) is 94.7 cm³/mol. The summed E-state index contributed by atoms with van der Waals surface area (Å²) in [4.78, 5) is 25.4. The molecule has 2 N–H and O–H groups in total. The highest BCUT2D eigenvalue weighted by Crippen LogP contribution is 2.24. The number of aliphatic hydroxyl groups excluding tert-OH is 1. The van der Waals surface area contributed by atoms with E-state index in [1.165, 1.54) is 4.90 Å². The summed E-state index contributed by atoms with van der Waals surface area (Å²) < 4.78 is 37.5. The number of amides is 1. The van der Waals surface area contributed by atoms with Gasteiger partial charge in [-0.25, -0.2) is 13.6 Å². The van der Waals surface area contributed by atoms with Crippen LogP contribution < -0.4 is 0 Å². The van der Waals surface area contributed by atoms with Gasteiger partial charge in [-0.3, -0.25) is 9.69 Å². The number of hydrogen-bond acceptors (Lipinski definition) is 5. The molecular weight excluding hydrogens is 376 g/mol. The molecule has 28 heavy (non-hydrogen) atoms. The van der Waals surface area contributed by atoms with E-state index in [-0.39, 0.29) is 31.7 Å². The topological polar surface area (TPSA) is 96.3 Å². The van der Waals surface area contributed by atoms with Crippen LogP contribution in [0.5, 0.6) is 0 Å². The van der Waals surface area contributed by atoms with Gasteiger partial charge in [0.15, 0.2) is 0 Å². The molecular formula is C19H25F2NO6. The lowest BCUT2D eigenvalue weighted by molar-refractivity contribution is -0.150. The van der Waals surface area contributed by atoms with Crippen LogP contribution in [0.1, 0.15) is 26.3 Å². The van der Waals surface area contributed by atoms with Crippen LogP contribution in [-0.4, -0.2) is 64.7 Å². The molecule has 1 aliphatic rings. The number of benzene rings is 1. The van der Waals surface area contributed by atoms with E-state index in [9.17, 15) is 28.6 Å². The maximum Gasteiger partial charge on any atom is 0.410 e. The predicted octanol–water partition coefficient (Wildman–Crippen LogP) is 2.20. The zero-order valence-corrected chi connectivity index (χ0v) is 16.0. The zero-order chi connectivity index (χ0) is 21.1. The molecule has 1 unspecified atom stereocenters. The first-order valence-electron chi connectivity index (χ1n) is 8.91. The first kappa shape index (κ1) is 22.0. The lowest BCUT2D eigenvalue weighted by Crippen LogP contribution is -2.57. The van der Waals surface area contributed by atoms with Crippen LogP contribution in [0, 0.1) is 17.6 Å². The van der Waals surface area contributed by atoms with E-state index in [2.05, 4.69) is 0 Å². The number of aliphatic hydroxyl groups is 1. The Balaban J connectivity index is 2.22. The van der Waals surface area contributed by atoms with Crippen molar-refractivity contribution in [2.24, 2.45) is 5.92 Å². The molecule has 156 valence electrons. The average Bonchev–Trinajstić information content (AvgIpc) is 2.56. The Morgan fingerprint density at radius 3 is 2.43 bits per heavy atom. The average molecular weight is 401 g/mol. The van der Waals surface area contributed by atoms with Crippen LogP contribution in [0.15, 0.2) is 18.2 Å². The number of ether oxygens (including phenoxy) is 2. The maximum atomic E-state index is 13.4. The first-order valence-corrected chi connectivity index (χ1v) is 8.91. The van der Waals surface area contributed by atoms with Crippen LogP contribution in [0.3, 0.4) is 0 Å². The third kappa shape index (κ3) is 5.87. The van der Waals surface area contributed by atoms with E-state index < -0.39 is 47.4 Å². The minimum atomic E-state index is -1.53. The molecule has 0 bridgehead atoms. The Bertz CT molecular complexity index is 701. The molecule has 1 heterocycles. The third-order valence-corrected chi connectivity index (χ3v) is 4.30. The zero-order valence-electron chi connectivity index (χ0n) is 16.0. The number of rotatable bonds is 5. The lowest BCUT2D eigenvalue weighted by atomic mass is 9.89. The Labute approximate surface area is 161 Å². The van der Waals surface area contributed by atoms with Gasteiger partial charge >= 0.3 is 12.1 Å². The van der Waals surface area contributed by atoms with Gasteiger partial charge in [-0.1, -0.05) is 0 Å². The molecule has 1 aliphatic heterocycles. The van der Waals surface area contributed by atoms with E-state index in [1.807, 2.05) is 0 Å². The van der Waals surface area contributed by atoms with Crippen molar-refractivity contribution in [3.63, 3.8) is 0 Å². The van der Waals surface area contributed by atoms with E-state index in [0.717, 1.165) is 12.1 Å². The van der Waals surface area contributed by atoms with E-state index in [1.54, 1.807) is 20.8 Å². The Hall–Kier alpha value is -2.26. The molecule has 1 aromatic carbocycles. The van der Waals surface area contributed by atoms with Crippen molar-refractivity contribution >= 4 is 12.1 Å². The van der Waals surface area contributed by atoms with E-state index in [4.69, 9.17) is 9.47 Å². The molecule has 1 amide bonds. The van der Waals surface area contributed by atoms with Crippen LogP contribution >= 0.6 is 0 Å². The highest BCUT2D eigenvalue weighted by atomic mass is 19.1. The van der Waals surface area contributed by atoms with Crippen LogP contribution in [0.25, 0.3) is 0 Å². The fourth-order valence-corrected chi connectivity index (χ4v) is 3.06. The van der Waals surface area contributed by atoms with Crippen molar-refractivity contribution in [2.75, 3.05) is 19.8 Å². The summed E-state index contributed by atoms with van der Waals surface area (Å²) in [6.45, 7) is 5.33. The van der Waals surface area contributed by atoms with E-state index in [0.29, 0.717) is 6.07 Å². The number of hydrogen-bond donors (Lipinski definition) is 2. The fourth-order valence-electron chi connectivity index (χ4n) is 3.06. The third-order valence-electron chi connectivity index (χ3n) is 4.30. The largest absolute Gasteiger partial charge is 0.481 e. The van der Waals surface area contributed by atoms with Crippen molar-refractivity contribution in [3.05, 3.63) is 35.4 Å². The quantitative estimate of drug-likeness (QED) is 0.785. The van der Waals surface area contributed by atoms with Crippen LogP contribution in [0.4, 0.5) is 13.6 Å². The standard InChI is InChI=1S/C19H25F2NO6/c1-19(2,3)28-18(26)22-4-5-27-10-15(22)16(23)14(17(24)25)8-11-6-12(20)9-13(21)7-11/h6-7,9,14-16,23H,4-5,8,10H2,1-3H3,(H,24,25)/t14-,15?,16-/m0/s1. The molecule has 9 heteroatoms. The smallest absolute Gasteiger partial charge is 0.410 e. The summed E-state index contributed by atoms with van der Waals surface area (Å²) in [5, 5.41) is 20.3. The SMILES string of the molecule is CC(C)(C)OC(=O)N1CCOCC1[C@@H](O)[C@H](Cc1cc(F)cc(F)c1)C(=O)O. The van der Waals surface area contributed by atoms with Crippen LogP contribution in [-0.2, 0) is 20.7 Å². The Kier molecular flexibility index (Phi) is 6.95. The van der Waals surface area contributed by atoms with Gasteiger partial charge in [-0.2, -0.15) is 0 Å². The van der Waals surface area contributed by atoms with Crippen molar-refractivity contribution < 1.29 is 38.1 Å². The van der Waals surface area contributed by atoms with Crippen molar-refractivity contribution in [2.45, 2.75) is 44.9 Å². The molecule has 1 fully saturated rings. The maximum absolute atomic E-state index is 13.4. The van der Waals surface area contributed by atoms with Gasteiger partial charge in [0.05, 0.1) is 31.3 Å². The minimum absolute atomic E-state index is 0.0816. The molecule has 7 nitrogen and oxygen atoms in total. The van der Waals surface area contributed by atoms with Crippen LogP contribution in [0.2, 0.25) is 0 Å². The number of nitrogens with zero attached hydrogens (tertiary/aromatic N) is 1. The number of morpholine rings is 1. The monoisotopic (exact) mass is 401 g/mol. The molecule has 3 atom stereocenters. The fraction of sp³-hybridized carbons (Fsp3) is 0.579. The molecule has 0 aliphatic carbocycles. The Morgan fingerprint density at radius 1 is 1.29 bits per heavy atom. The molecule has 0 aromatic heterocycles. The summed E-state index contributed by atoms with van der Waals surface area (Å²) in [6.07, 6.45) is -2.54. The second kappa shape index (κ2) is 8.83. The van der Waals surface area contributed by atoms with Crippen molar-refractivity contribution in [1.82, 2.24) is 4.90 Å². The highest BCUT2D eigenvalue weighted by molar-refractivity contribution is 5.72. The second-order valence-corrected chi connectivity index (χ2v) is 7.73. The van der Waals surface area contributed by atoms with Crippen molar-refractivity contribution in [3.8, 4) is 0 Å². The highest BCUT2D eigenvalue weighted by Gasteiger charge is 2.41. The second-order valence-electron chi connectivity index (χ2n) is 7.73. The number of carbonyl (C=O) groups is 2. The molecule has 1 aromatic rings. The summed E-state index contributed by atoms with van der Waals surface area (Å²) in [6, 6.07) is 1.72. The van der Waals surface area contributed by atoms with Gasteiger partial charge < -0.3 is 19.7 Å². The normalized spacial score (nSPS) is 19.8. The van der Waals surface area contributed by atoms with Crippen molar-refractivity contribution in [1.29, 1.82) is 0 Å². The molecule has 0 spiro atoms. The van der Waals surface area contributed by atoms with Gasteiger partial charge in [0.1, 0.15) is 17.2 Å². The summed E-state index contributed by atoms with van der Waals surface area (Å²) >= 11 is 0. The first-order chi connectivity index (χ1) is 13.0. The van der Waals surface area contributed by atoms with Gasteiger partial charge in [-0.15, -0.1) is 0 Å².